The highest BCUT2D eigenvalue weighted by molar-refractivity contribution is 5.75. The average molecular weight is 269 g/mol. The molecule has 1 aromatic carbocycles. The highest BCUT2D eigenvalue weighted by Gasteiger charge is 2.27. The summed E-state index contributed by atoms with van der Waals surface area (Å²) in [6.45, 7) is 4.60. The molecule has 0 spiro atoms. The van der Waals surface area contributed by atoms with Crippen molar-refractivity contribution in [2.45, 2.75) is 39.2 Å². The van der Waals surface area contributed by atoms with Crippen molar-refractivity contribution in [2.75, 3.05) is 0 Å². The number of aryl methyl sites for hydroxylation is 1. The van der Waals surface area contributed by atoms with E-state index in [4.69, 9.17) is 10.7 Å². The van der Waals surface area contributed by atoms with E-state index in [0.29, 0.717) is 5.41 Å². The van der Waals surface area contributed by atoms with Crippen LogP contribution in [0.25, 0.3) is 11.0 Å². The normalized spacial score (nSPS) is 22.0. The molecule has 106 valence electrons. The summed E-state index contributed by atoms with van der Waals surface area (Å²) >= 11 is 0. The highest BCUT2D eigenvalue weighted by Crippen LogP contribution is 2.36. The van der Waals surface area contributed by atoms with Crippen LogP contribution in [0, 0.1) is 5.41 Å². The number of aromatic nitrogens is 2. The lowest BCUT2D eigenvalue weighted by molar-refractivity contribution is 0.299. The predicted octanol–water partition coefficient (Wildman–Crippen LogP) is 3.19. The van der Waals surface area contributed by atoms with Gasteiger partial charge in [0.2, 0.25) is 0 Å². The number of para-hydroxylation sites is 2. The van der Waals surface area contributed by atoms with Crippen LogP contribution < -0.4 is 5.73 Å². The van der Waals surface area contributed by atoms with Gasteiger partial charge in [-0.2, -0.15) is 0 Å². The molecule has 3 heteroatoms. The van der Waals surface area contributed by atoms with E-state index in [1.165, 1.54) is 11.1 Å². The van der Waals surface area contributed by atoms with Crippen molar-refractivity contribution in [3.8, 4) is 0 Å². The molecule has 0 radical (unpaired) electrons. The number of fused-ring (bicyclic) bond motifs is 1. The maximum atomic E-state index is 6.16. The van der Waals surface area contributed by atoms with Gasteiger partial charge >= 0.3 is 0 Å². The molecule has 3 nitrogen and oxygen atoms in total. The zero-order valence-corrected chi connectivity index (χ0v) is 12.6. The number of nitrogens with two attached hydrogens (primary N) is 1. The van der Waals surface area contributed by atoms with Crippen LogP contribution in [0.2, 0.25) is 0 Å². The minimum atomic E-state index is 0.184. The maximum absolute atomic E-state index is 6.16. The standard InChI is InChI=1S/C17H23N3/c1-17(2)10-12(8-13(18)11-17)9-16-19-14-6-4-5-7-15(14)20(16)3/h4-8,13H,9-11,18H2,1-3H3. The van der Waals surface area contributed by atoms with Crippen molar-refractivity contribution in [3.63, 3.8) is 0 Å². The largest absolute Gasteiger partial charge is 0.331 e. The third kappa shape index (κ3) is 2.50. The molecule has 2 aromatic rings. The van der Waals surface area contributed by atoms with Crippen LogP contribution in [0.5, 0.6) is 0 Å². The molecule has 0 fully saturated rings. The minimum Gasteiger partial charge on any atom is -0.331 e. The van der Waals surface area contributed by atoms with Crippen molar-refractivity contribution < 1.29 is 0 Å². The number of imidazole rings is 1. The number of benzene rings is 1. The molecule has 0 aliphatic heterocycles. The summed E-state index contributed by atoms with van der Waals surface area (Å²) in [5.74, 6) is 1.13. The molecule has 1 atom stereocenters. The average Bonchev–Trinajstić information content (AvgIpc) is 2.64. The summed E-state index contributed by atoms with van der Waals surface area (Å²) in [4.78, 5) is 4.76. The Kier molecular flexibility index (Phi) is 3.17. The second-order valence-electron chi connectivity index (χ2n) is 6.79. The van der Waals surface area contributed by atoms with Crippen molar-refractivity contribution >= 4 is 11.0 Å². The number of hydrogen-bond acceptors (Lipinski definition) is 2. The molecule has 1 aromatic heterocycles. The van der Waals surface area contributed by atoms with E-state index in [-0.39, 0.29) is 6.04 Å². The predicted molar refractivity (Wildman–Crippen MR) is 83.5 cm³/mol. The molecule has 0 bridgehead atoms. The molecule has 20 heavy (non-hydrogen) atoms. The molecule has 1 aliphatic rings. The van der Waals surface area contributed by atoms with Crippen LogP contribution in [0.15, 0.2) is 35.9 Å². The van der Waals surface area contributed by atoms with Gasteiger partial charge in [-0.3, -0.25) is 0 Å². The van der Waals surface area contributed by atoms with Gasteiger partial charge in [0.15, 0.2) is 0 Å². The number of nitrogens with zero attached hydrogens (tertiary/aromatic N) is 2. The monoisotopic (exact) mass is 269 g/mol. The Labute approximate surface area is 120 Å². The van der Waals surface area contributed by atoms with Gasteiger partial charge in [-0.25, -0.2) is 4.98 Å². The fraction of sp³-hybridized carbons (Fsp3) is 0.471. The third-order valence-electron chi connectivity index (χ3n) is 4.21. The van der Waals surface area contributed by atoms with Crippen LogP contribution in [-0.4, -0.2) is 15.6 Å². The lowest BCUT2D eigenvalue weighted by Gasteiger charge is -2.33. The topological polar surface area (TPSA) is 43.8 Å². The van der Waals surface area contributed by atoms with E-state index >= 15 is 0 Å². The van der Waals surface area contributed by atoms with E-state index in [1.54, 1.807) is 0 Å². The van der Waals surface area contributed by atoms with E-state index in [9.17, 15) is 0 Å². The van der Waals surface area contributed by atoms with Gasteiger partial charge in [0, 0.05) is 19.5 Å². The van der Waals surface area contributed by atoms with Crippen LogP contribution in [0.4, 0.5) is 0 Å². The molecule has 1 unspecified atom stereocenters. The molecule has 3 rings (SSSR count). The Morgan fingerprint density at radius 3 is 2.80 bits per heavy atom. The zero-order chi connectivity index (χ0) is 14.3. The molecular weight excluding hydrogens is 246 g/mol. The molecule has 0 saturated heterocycles. The smallest absolute Gasteiger partial charge is 0.113 e. The van der Waals surface area contributed by atoms with Crippen LogP contribution in [0.1, 0.15) is 32.5 Å². The highest BCUT2D eigenvalue weighted by atomic mass is 15.1. The minimum absolute atomic E-state index is 0.184. The summed E-state index contributed by atoms with van der Waals surface area (Å²) in [7, 11) is 2.10. The Bertz CT molecular complexity index is 664. The van der Waals surface area contributed by atoms with Gasteiger partial charge in [-0.15, -0.1) is 0 Å². The second kappa shape index (κ2) is 4.74. The van der Waals surface area contributed by atoms with Crippen molar-refractivity contribution in [1.29, 1.82) is 0 Å². The Morgan fingerprint density at radius 2 is 2.10 bits per heavy atom. The maximum Gasteiger partial charge on any atom is 0.113 e. The van der Waals surface area contributed by atoms with Crippen molar-refractivity contribution in [3.05, 3.63) is 41.7 Å². The van der Waals surface area contributed by atoms with Crippen LogP contribution in [-0.2, 0) is 13.5 Å². The first-order valence-corrected chi connectivity index (χ1v) is 7.30. The fourth-order valence-corrected chi connectivity index (χ4v) is 3.42. The molecular formula is C17H23N3. The van der Waals surface area contributed by atoms with Crippen molar-refractivity contribution in [2.24, 2.45) is 18.2 Å². The lowest BCUT2D eigenvalue weighted by Crippen LogP contribution is -2.31. The zero-order valence-electron chi connectivity index (χ0n) is 12.6. The Balaban J connectivity index is 1.92. The molecule has 1 aliphatic carbocycles. The molecule has 1 heterocycles. The first kappa shape index (κ1) is 13.4. The summed E-state index contributed by atoms with van der Waals surface area (Å²) in [5, 5.41) is 0. The quantitative estimate of drug-likeness (QED) is 0.851. The Hall–Kier alpha value is -1.61. The number of hydrogen-bond donors (Lipinski definition) is 1. The Morgan fingerprint density at radius 1 is 1.35 bits per heavy atom. The molecule has 0 amide bonds. The van der Waals surface area contributed by atoms with E-state index in [2.05, 4.69) is 49.7 Å². The van der Waals surface area contributed by atoms with Crippen LogP contribution in [0.3, 0.4) is 0 Å². The van der Waals surface area contributed by atoms with Gasteiger partial charge in [0.25, 0.3) is 0 Å². The number of rotatable bonds is 2. The van der Waals surface area contributed by atoms with Crippen LogP contribution >= 0.6 is 0 Å². The summed E-state index contributed by atoms with van der Waals surface area (Å²) in [5.41, 5.74) is 10.2. The molecule has 2 N–H and O–H groups in total. The summed E-state index contributed by atoms with van der Waals surface area (Å²) in [6, 6.07) is 8.48. The molecule has 0 saturated carbocycles. The van der Waals surface area contributed by atoms with Gasteiger partial charge < -0.3 is 10.3 Å². The summed E-state index contributed by atoms with van der Waals surface area (Å²) < 4.78 is 2.20. The van der Waals surface area contributed by atoms with E-state index in [0.717, 1.165) is 30.6 Å². The van der Waals surface area contributed by atoms with E-state index < -0.39 is 0 Å². The lowest BCUT2D eigenvalue weighted by atomic mass is 9.75. The van der Waals surface area contributed by atoms with Gasteiger partial charge in [0.05, 0.1) is 11.0 Å². The van der Waals surface area contributed by atoms with Gasteiger partial charge in [0.1, 0.15) is 5.82 Å². The number of allylic oxidation sites excluding steroid dienone is 1. The van der Waals surface area contributed by atoms with Crippen molar-refractivity contribution in [1.82, 2.24) is 9.55 Å². The van der Waals surface area contributed by atoms with Gasteiger partial charge in [-0.05, 0) is 30.4 Å². The first-order valence-electron chi connectivity index (χ1n) is 7.30. The summed E-state index contributed by atoms with van der Waals surface area (Å²) in [6.07, 6.45) is 5.33. The second-order valence-corrected chi connectivity index (χ2v) is 6.79. The van der Waals surface area contributed by atoms with E-state index in [1.807, 2.05) is 6.07 Å². The SMILES string of the molecule is Cn1c(CC2=CC(N)CC(C)(C)C2)nc2ccccc21. The fourth-order valence-electron chi connectivity index (χ4n) is 3.42. The third-order valence-corrected chi connectivity index (χ3v) is 4.21. The van der Waals surface area contributed by atoms with Gasteiger partial charge in [-0.1, -0.05) is 37.6 Å². The first-order chi connectivity index (χ1) is 9.44.